The second kappa shape index (κ2) is 8.96. The Bertz CT molecular complexity index is 980. The van der Waals surface area contributed by atoms with Crippen LogP contribution in [0.1, 0.15) is 78.7 Å². The first-order valence-electron chi connectivity index (χ1n) is 11.9. The summed E-state index contributed by atoms with van der Waals surface area (Å²) in [6.07, 6.45) is 0.920. The zero-order chi connectivity index (χ0) is 24.7. The van der Waals surface area contributed by atoms with Gasteiger partial charge in [-0.05, 0) is 30.7 Å². The smallest absolute Gasteiger partial charge is 0.163 e. The highest BCUT2D eigenvalue weighted by Gasteiger charge is 2.49. The molecule has 0 bridgehead atoms. The number of carbonyl (C=O) groups is 3. The third kappa shape index (κ3) is 4.99. The van der Waals surface area contributed by atoms with Gasteiger partial charge in [-0.3, -0.25) is 14.4 Å². The maximum Gasteiger partial charge on any atom is 0.163 e. The molecule has 1 saturated carbocycles. The van der Waals surface area contributed by atoms with E-state index in [4.69, 9.17) is 0 Å². The van der Waals surface area contributed by atoms with Crippen LogP contribution in [0.15, 0.2) is 29.5 Å². The lowest BCUT2D eigenvalue weighted by molar-refractivity contribution is -0.140. The molecule has 0 heterocycles. The number of anilines is 1. The van der Waals surface area contributed by atoms with Crippen LogP contribution < -0.4 is 4.90 Å². The first-order chi connectivity index (χ1) is 15.3. The maximum atomic E-state index is 13.3. The Morgan fingerprint density at radius 2 is 1.45 bits per heavy atom. The third-order valence-corrected chi connectivity index (χ3v) is 7.02. The summed E-state index contributed by atoms with van der Waals surface area (Å²) in [6.45, 7) is 13.1. The summed E-state index contributed by atoms with van der Waals surface area (Å²) in [6, 6.07) is 5.15. The largest absolute Gasteiger partial charge is 0.512 e. The molecule has 0 saturated heterocycles. The van der Waals surface area contributed by atoms with Gasteiger partial charge in [-0.2, -0.15) is 0 Å². The lowest BCUT2D eigenvalue weighted by Gasteiger charge is -2.39. The number of hydrogen-bond donors (Lipinski definition) is 2. The molecule has 6 nitrogen and oxygen atoms in total. The van der Waals surface area contributed by atoms with Gasteiger partial charge in [0.1, 0.15) is 23.1 Å². The Morgan fingerprint density at radius 1 is 0.909 bits per heavy atom. The van der Waals surface area contributed by atoms with Crippen molar-refractivity contribution in [1.82, 2.24) is 0 Å². The molecule has 1 aromatic rings. The number of aromatic hydroxyl groups is 1. The van der Waals surface area contributed by atoms with E-state index in [2.05, 4.69) is 4.90 Å². The SMILES string of the molecule is CCN(CC)c1ccc([C@@H](C2=C(O)CC(C)(C)CC2=O)C2C(=O)CC(C)(C)CC2=O)c(O)c1. The van der Waals surface area contributed by atoms with Gasteiger partial charge in [0, 0.05) is 67.6 Å². The zero-order valence-corrected chi connectivity index (χ0v) is 20.7. The molecule has 0 aliphatic heterocycles. The third-order valence-electron chi connectivity index (χ3n) is 7.02. The summed E-state index contributed by atoms with van der Waals surface area (Å²) >= 11 is 0. The minimum atomic E-state index is -1.09. The van der Waals surface area contributed by atoms with Crippen molar-refractivity contribution in [3.05, 3.63) is 35.1 Å². The quantitative estimate of drug-likeness (QED) is 0.580. The summed E-state index contributed by atoms with van der Waals surface area (Å²) < 4.78 is 0. The topological polar surface area (TPSA) is 94.9 Å². The molecule has 0 amide bonds. The predicted molar refractivity (Wildman–Crippen MR) is 129 cm³/mol. The average Bonchev–Trinajstić information content (AvgIpc) is 2.65. The van der Waals surface area contributed by atoms with E-state index in [0.717, 1.165) is 18.8 Å². The van der Waals surface area contributed by atoms with E-state index in [9.17, 15) is 24.6 Å². The molecule has 2 aliphatic carbocycles. The number of phenols is 1. The average molecular weight is 456 g/mol. The van der Waals surface area contributed by atoms with E-state index < -0.39 is 22.7 Å². The Balaban J connectivity index is 2.18. The van der Waals surface area contributed by atoms with Gasteiger partial charge in [0.25, 0.3) is 0 Å². The summed E-state index contributed by atoms with van der Waals surface area (Å²) in [4.78, 5) is 41.9. The minimum Gasteiger partial charge on any atom is -0.512 e. The van der Waals surface area contributed by atoms with Gasteiger partial charge >= 0.3 is 0 Å². The molecule has 0 radical (unpaired) electrons. The van der Waals surface area contributed by atoms with Crippen LogP contribution in [-0.4, -0.2) is 40.7 Å². The number of phenolic OH excluding ortho intramolecular Hbond substituents is 1. The number of benzene rings is 1. The molecule has 0 spiro atoms. The lowest BCUT2D eigenvalue weighted by atomic mass is 9.62. The van der Waals surface area contributed by atoms with Crippen LogP contribution in [-0.2, 0) is 14.4 Å². The molecule has 2 aliphatic rings. The van der Waals surface area contributed by atoms with Gasteiger partial charge in [-0.25, -0.2) is 0 Å². The van der Waals surface area contributed by atoms with Crippen LogP contribution in [0.25, 0.3) is 0 Å². The number of allylic oxidation sites excluding steroid dienone is 2. The van der Waals surface area contributed by atoms with Crippen molar-refractivity contribution in [2.45, 2.75) is 73.1 Å². The van der Waals surface area contributed by atoms with Crippen LogP contribution in [0.4, 0.5) is 5.69 Å². The van der Waals surface area contributed by atoms with Crippen molar-refractivity contribution in [3.8, 4) is 5.75 Å². The fourth-order valence-corrected chi connectivity index (χ4v) is 5.51. The summed E-state index contributed by atoms with van der Waals surface area (Å²) in [5, 5.41) is 22.0. The van der Waals surface area contributed by atoms with Crippen LogP contribution in [0, 0.1) is 16.7 Å². The molecule has 33 heavy (non-hydrogen) atoms. The Morgan fingerprint density at radius 3 is 1.94 bits per heavy atom. The van der Waals surface area contributed by atoms with Crippen LogP contribution in [0.3, 0.4) is 0 Å². The Hall–Kier alpha value is -2.63. The Kier molecular flexibility index (Phi) is 6.79. The number of aliphatic hydroxyl groups excluding tert-OH is 1. The number of rotatable bonds is 6. The lowest BCUT2D eigenvalue weighted by Crippen LogP contribution is -2.43. The van der Waals surface area contributed by atoms with E-state index in [0.29, 0.717) is 5.56 Å². The first kappa shape index (κ1) is 25.0. The van der Waals surface area contributed by atoms with Gasteiger partial charge in [0.15, 0.2) is 5.78 Å². The van der Waals surface area contributed by atoms with Crippen molar-refractivity contribution in [2.75, 3.05) is 18.0 Å². The summed E-state index contributed by atoms with van der Waals surface area (Å²) in [7, 11) is 0. The summed E-state index contributed by atoms with van der Waals surface area (Å²) in [5.74, 6) is -3.00. The second-order valence-corrected chi connectivity index (χ2v) is 11.1. The molecule has 180 valence electrons. The van der Waals surface area contributed by atoms with Crippen LogP contribution in [0.5, 0.6) is 5.75 Å². The normalized spacial score (nSPS) is 21.9. The highest BCUT2D eigenvalue weighted by molar-refractivity contribution is 6.09. The van der Waals surface area contributed by atoms with Crippen molar-refractivity contribution < 1.29 is 24.6 Å². The van der Waals surface area contributed by atoms with E-state index in [1.165, 1.54) is 0 Å². The van der Waals surface area contributed by atoms with Gasteiger partial charge in [-0.1, -0.05) is 33.8 Å². The van der Waals surface area contributed by atoms with Crippen molar-refractivity contribution >= 4 is 23.0 Å². The number of nitrogens with zero attached hydrogens (tertiary/aromatic N) is 1. The molecule has 2 N–H and O–H groups in total. The highest BCUT2D eigenvalue weighted by atomic mass is 16.3. The summed E-state index contributed by atoms with van der Waals surface area (Å²) in [5.41, 5.74) is 0.404. The van der Waals surface area contributed by atoms with E-state index in [-0.39, 0.29) is 60.1 Å². The molecular formula is C27H37NO5. The van der Waals surface area contributed by atoms with E-state index in [1.54, 1.807) is 12.1 Å². The number of hydrogen-bond acceptors (Lipinski definition) is 6. The van der Waals surface area contributed by atoms with Crippen molar-refractivity contribution in [3.63, 3.8) is 0 Å². The second-order valence-electron chi connectivity index (χ2n) is 11.1. The van der Waals surface area contributed by atoms with Gasteiger partial charge in [-0.15, -0.1) is 0 Å². The molecule has 0 aromatic heterocycles. The molecule has 3 rings (SSSR count). The first-order valence-corrected chi connectivity index (χ1v) is 11.9. The standard InChI is InChI=1S/C27H37NO5/c1-7-28(8-2)16-9-10-17(18(29)11-16)23(24-19(30)12-26(3,4)13-20(24)31)25-21(32)14-27(5,6)15-22(25)33/h9-11,23-24,29,32H,7-8,12-15H2,1-6H3/t23-/m1/s1. The predicted octanol–water partition coefficient (Wildman–Crippen LogP) is 5.10. The number of aliphatic hydroxyl groups is 1. The van der Waals surface area contributed by atoms with Gasteiger partial charge < -0.3 is 15.1 Å². The molecule has 1 fully saturated rings. The number of ketones is 3. The van der Waals surface area contributed by atoms with E-state index in [1.807, 2.05) is 47.6 Å². The van der Waals surface area contributed by atoms with Gasteiger partial charge in [0.2, 0.25) is 0 Å². The molecule has 1 aromatic carbocycles. The molecule has 0 unspecified atom stereocenters. The molecular weight excluding hydrogens is 418 g/mol. The van der Waals surface area contributed by atoms with Crippen LogP contribution >= 0.6 is 0 Å². The Labute approximate surface area is 196 Å². The van der Waals surface area contributed by atoms with Crippen molar-refractivity contribution in [1.29, 1.82) is 0 Å². The number of Topliss-reactive ketones (excluding diaryl/α,β-unsaturated/α-hetero) is 3. The van der Waals surface area contributed by atoms with Gasteiger partial charge in [0.05, 0.1) is 5.92 Å². The number of carbonyl (C=O) groups excluding carboxylic acids is 3. The molecule has 6 heteroatoms. The maximum absolute atomic E-state index is 13.3. The van der Waals surface area contributed by atoms with Crippen molar-refractivity contribution in [2.24, 2.45) is 16.7 Å². The molecule has 1 atom stereocenters. The highest BCUT2D eigenvalue weighted by Crippen LogP contribution is 2.49. The van der Waals surface area contributed by atoms with Crippen LogP contribution in [0.2, 0.25) is 0 Å². The fourth-order valence-electron chi connectivity index (χ4n) is 5.51. The zero-order valence-electron chi connectivity index (χ0n) is 20.7. The fraction of sp³-hybridized carbons (Fsp3) is 0.593. The minimum absolute atomic E-state index is 0.0761. The van der Waals surface area contributed by atoms with E-state index >= 15 is 0 Å². The monoisotopic (exact) mass is 455 g/mol.